The van der Waals surface area contributed by atoms with Gasteiger partial charge in [-0.15, -0.1) is 0 Å². The molecule has 1 saturated heterocycles. The molecule has 1 aliphatic rings. The van der Waals surface area contributed by atoms with E-state index in [0.29, 0.717) is 26.2 Å². The highest BCUT2D eigenvalue weighted by Crippen LogP contribution is 2.07. The fraction of sp³-hybridized carbons (Fsp3) is 0.900. The molecule has 2 atom stereocenters. The van der Waals surface area contributed by atoms with Gasteiger partial charge in [0.25, 0.3) is 0 Å². The normalized spacial score (nSPS) is 26.0. The van der Waals surface area contributed by atoms with Crippen LogP contribution in [0.3, 0.4) is 0 Å². The second-order valence-corrected chi connectivity index (χ2v) is 3.67. The van der Waals surface area contributed by atoms with E-state index in [9.17, 15) is 9.90 Å². The molecule has 0 saturated carbocycles. The fourth-order valence-electron chi connectivity index (χ4n) is 1.37. The molecule has 0 aromatic heterocycles. The lowest BCUT2D eigenvalue weighted by atomic mass is 10.1. The highest BCUT2D eigenvalue weighted by Gasteiger charge is 2.25. The van der Waals surface area contributed by atoms with Gasteiger partial charge in [-0.3, -0.25) is 0 Å². The van der Waals surface area contributed by atoms with Gasteiger partial charge in [0.2, 0.25) is 0 Å². The number of unbranched alkanes of at least 4 members (excludes halogenated alkanes) is 1. The Bertz CT molecular complexity index is 198. The molecule has 5 nitrogen and oxygen atoms in total. The number of alkyl carbamates (subject to hydrolysis) is 1. The molecule has 0 aliphatic carbocycles. The summed E-state index contributed by atoms with van der Waals surface area (Å²) in [4.78, 5) is 11.2. The second-order valence-electron chi connectivity index (χ2n) is 3.67. The highest BCUT2D eigenvalue weighted by atomic mass is 16.5. The number of carbonyl (C=O) groups is 1. The molecule has 15 heavy (non-hydrogen) atoms. The molecule has 0 aromatic carbocycles. The maximum absolute atomic E-state index is 11.2. The number of aliphatic hydroxyl groups excluding tert-OH is 1. The van der Waals surface area contributed by atoms with E-state index in [-0.39, 0.29) is 6.04 Å². The lowest BCUT2D eigenvalue weighted by Crippen LogP contribution is -2.49. The molecular formula is C10H19NO4. The number of amides is 1. The minimum absolute atomic E-state index is 0.340. The quantitative estimate of drug-likeness (QED) is 0.679. The van der Waals surface area contributed by atoms with Crippen LogP contribution >= 0.6 is 0 Å². The van der Waals surface area contributed by atoms with E-state index in [2.05, 4.69) is 5.32 Å². The number of carbonyl (C=O) groups excluding carboxylic acids is 1. The average Bonchev–Trinajstić information content (AvgIpc) is 2.22. The summed E-state index contributed by atoms with van der Waals surface area (Å²) in [6.45, 7) is 3.35. The standard InChI is InChI=1S/C10H19NO4/c1-2-3-5-15-10(13)11-8-7-14-6-4-9(8)12/h8-9,12H,2-7H2,1H3,(H,11,13)/t8-,9-/m0/s1. The first-order valence-electron chi connectivity index (χ1n) is 5.43. The third-order valence-corrected chi connectivity index (χ3v) is 2.35. The van der Waals surface area contributed by atoms with Gasteiger partial charge in [-0.1, -0.05) is 13.3 Å². The number of nitrogens with one attached hydrogen (secondary N) is 1. The molecule has 2 N–H and O–H groups in total. The Balaban J connectivity index is 2.18. The van der Waals surface area contributed by atoms with Crippen molar-refractivity contribution in [1.29, 1.82) is 0 Å². The van der Waals surface area contributed by atoms with Gasteiger partial charge < -0.3 is 19.9 Å². The molecule has 88 valence electrons. The number of ether oxygens (including phenoxy) is 2. The van der Waals surface area contributed by atoms with Crippen LogP contribution in [-0.2, 0) is 9.47 Å². The minimum Gasteiger partial charge on any atom is -0.450 e. The maximum Gasteiger partial charge on any atom is 0.407 e. The zero-order valence-corrected chi connectivity index (χ0v) is 9.07. The van der Waals surface area contributed by atoms with Gasteiger partial charge in [-0.05, 0) is 12.8 Å². The van der Waals surface area contributed by atoms with Crippen molar-refractivity contribution >= 4 is 6.09 Å². The van der Waals surface area contributed by atoms with Crippen molar-refractivity contribution < 1.29 is 19.4 Å². The first kappa shape index (κ1) is 12.3. The molecule has 0 spiro atoms. The SMILES string of the molecule is CCCCOC(=O)N[C@H]1COCC[C@@H]1O. The molecule has 5 heteroatoms. The molecule has 1 rings (SSSR count). The maximum atomic E-state index is 11.2. The molecule has 0 unspecified atom stereocenters. The first-order chi connectivity index (χ1) is 7.24. The third-order valence-electron chi connectivity index (χ3n) is 2.35. The van der Waals surface area contributed by atoms with Crippen LogP contribution in [0.15, 0.2) is 0 Å². The highest BCUT2D eigenvalue weighted by molar-refractivity contribution is 5.67. The van der Waals surface area contributed by atoms with E-state index in [1.54, 1.807) is 0 Å². The fourth-order valence-corrected chi connectivity index (χ4v) is 1.37. The molecule has 1 fully saturated rings. The van der Waals surface area contributed by atoms with Gasteiger partial charge in [0.1, 0.15) is 0 Å². The average molecular weight is 217 g/mol. The van der Waals surface area contributed by atoms with Crippen molar-refractivity contribution in [2.45, 2.75) is 38.3 Å². The summed E-state index contributed by atoms with van der Waals surface area (Å²) in [7, 11) is 0. The molecule has 0 radical (unpaired) electrons. The Kier molecular flexibility index (Phi) is 5.42. The van der Waals surface area contributed by atoms with Crippen molar-refractivity contribution in [3.63, 3.8) is 0 Å². The van der Waals surface area contributed by atoms with Gasteiger partial charge in [0, 0.05) is 6.61 Å². The lowest BCUT2D eigenvalue weighted by molar-refractivity contribution is -0.0155. The Morgan fingerprint density at radius 1 is 1.67 bits per heavy atom. The molecule has 1 aliphatic heterocycles. The van der Waals surface area contributed by atoms with E-state index in [1.165, 1.54) is 0 Å². The van der Waals surface area contributed by atoms with Crippen LogP contribution in [-0.4, -0.2) is 43.2 Å². The van der Waals surface area contributed by atoms with Gasteiger partial charge >= 0.3 is 6.09 Å². The summed E-state index contributed by atoms with van der Waals surface area (Å²) in [6.07, 6.45) is 1.40. The Labute approximate surface area is 89.8 Å². The summed E-state index contributed by atoms with van der Waals surface area (Å²) in [5, 5.41) is 12.1. The topological polar surface area (TPSA) is 67.8 Å². The zero-order valence-electron chi connectivity index (χ0n) is 9.07. The molecule has 0 bridgehead atoms. The first-order valence-corrected chi connectivity index (χ1v) is 5.43. The van der Waals surface area contributed by atoms with Crippen molar-refractivity contribution in [2.75, 3.05) is 19.8 Å². The largest absolute Gasteiger partial charge is 0.450 e. The van der Waals surface area contributed by atoms with E-state index >= 15 is 0 Å². The predicted molar refractivity (Wildman–Crippen MR) is 54.6 cm³/mol. The van der Waals surface area contributed by atoms with E-state index in [0.717, 1.165) is 12.8 Å². The third kappa shape index (κ3) is 4.48. The molecule has 1 heterocycles. The molecular weight excluding hydrogens is 198 g/mol. The van der Waals surface area contributed by atoms with Crippen LogP contribution in [0.2, 0.25) is 0 Å². The van der Waals surface area contributed by atoms with Crippen LogP contribution in [0.4, 0.5) is 4.79 Å². The lowest BCUT2D eigenvalue weighted by Gasteiger charge is -2.27. The van der Waals surface area contributed by atoms with E-state index in [1.807, 2.05) is 6.92 Å². The van der Waals surface area contributed by atoms with Crippen LogP contribution in [0.5, 0.6) is 0 Å². The van der Waals surface area contributed by atoms with Crippen LogP contribution in [0, 0.1) is 0 Å². The van der Waals surface area contributed by atoms with Crippen molar-refractivity contribution in [2.24, 2.45) is 0 Å². The zero-order chi connectivity index (χ0) is 11.1. The van der Waals surface area contributed by atoms with Gasteiger partial charge in [-0.2, -0.15) is 0 Å². The Hall–Kier alpha value is -0.810. The summed E-state index contributed by atoms with van der Waals surface area (Å²) >= 11 is 0. The Morgan fingerprint density at radius 2 is 2.47 bits per heavy atom. The number of hydrogen-bond donors (Lipinski definition) is 2. The number of aliphatic hydroxyl groups is 1. The second kappa shape index (κ2) is 6.63. The summed E-state index contributed by atoms with van der Waals surface area (Å²) in [5.41, 5.74) is 0. The van der Waals surface area contributed by atoms with Crippen molar-refractivity contribution in [3.05, 3.63) is 0 Å². The van der Waals surface area contributed by atoms with E-state index < -0.39 is 12.2 Å². The number of hydrogen-bond acceptors (Lipinski definition) is 4. The van der Waals surface area contributed by atoms with Crippen LogP contribution < -0.4 is 5.32 Å². The predicted octanol–water partition coefficient (Wildman–Crippen LogP) is 0.662. The molecule has 0 aromatic rings. The summed E-state index contributed by atoms with van der Waals surface area (Å²) in [5.74, 6) is 0. The van der Waals surface area contributed by atoms with Gasteiger partial charge in [-0.25, -0.2) is 4.79 Å². The minimum atomic E-state index is -0.530. The van der Waals surface area contributed by atoms with Crippen LogP contribution in [0.1, 0.15) is 26.2 Å². The van der Waals surface area contributed by atoms with Crippen LogP contribution in [0.25, 0.3) is 0 Å². The number of rotatable bonds is 4. The Morgan fingerprint density at radius 3 is 3.13 bits per heavy atom. The van der Waals surface area contributed by atoms with E-state index in [4.69, 9.17) is 9.47 Å². The van der Waals surface area contributed by atoms with Gasteiger partial charge in [0.05, 0.1) is 25.4 Å². The van der Waals surface area contributed by atoms with Crippen molar-refractivity contribution in [1.82, 2.24) is 5.32 Å². The van der Waals surface area contributed by atoms with Gasteiger partial charge in [0.15, 0.2) is 0 Å². The monoisotopic (exact) mass is 217 g/mol. The smallest absolute Gasteiger partial charge is 0.407 e. The molecule has 1 amide bonds. The summed E-state index contributed by atoms with van der Waals surface area (Å²) in [6, 6.07) is -0.340. The van der Waals surface area contributed by atoms with Crippen molar-refractivity contribution in [3.8, 4) is 0 Å². The summed E-state index contributed by atoms with van der Waals surface area (Å²) < 4.78 is 10.1.